The maximum Gasteiger partial charge on any atom is 0.418 e. The fraction of sp³-hybridized carbons (Fsp3) is 0.208. The molecule has 0 spiro atoms. The second kappa shape index (κ2) is 9.53. The van der Waals surface area contributed by atoms with Gasteiger partial charge in [0, 0.05) is 30.4 Å². The van der Waals surface area contributed by atoms with E-state index in [2.05, 4.69) is 10.6 Å². The van der Waals surface area contributed by atoms with Crippen LogP contribution in [-0.4, -0.2) is 31.4 Å². The molecule has 0 radical (unpaired) electrons. The first kappa shape index (κ1) is 23.9. The zero-order chi connectivity index (χ0) is 25.2. The minimum absolute atomic E-state index is 0.0104. The summed E-state index contributed by atoms with van der Waals surface area (Å²) >= 11 is 0. The van der Waals surface area contributed by atoms with Crippen LogP contribution in [0.5, 0.6) is 5.75 Å². The molecule has 2 aromatic carbocycles. The molecule has 3 amide bonds. The Kier molecular flexibility index (Phi) is 6.50. The largest absolute Gasteiger partial charge is 0.497 e. The predicted molar refractivity (Wildman–Crippen MR) is 120 cm³/mol. The maximum absolute atomic E-state index is 13.7. The summed E-state index contributed by atoms with van der Waals surface area (Å²) in [5.74, 6) is -2.16. The zero-order valence-electron chi connectivity index (χ0n) is 18.4. The summed E-state index contributed by atoms with van der Waals surface area (Å²) in [4.78, 5) is 38.8. The topological polar surface area (TPSA) is 101 Å². The van der Waals surface area contributed by atoms with Crippen molar-refractivity contribution in [1.82, 2.24) is 0 Å². The number of benzene rings is 2. The van der Waals surface area contributed by atoms with E-state index in [0.717, 1.165) is 12.1 Å². The number of halogens is 3. The van der Waals surface area contributed by atoms with Gasteiger partial charge in [0.2, 0.25) is 11.8 Å². The maximum atomic E-state index is 13.7. The van der Waals surface area contributed by atoms with Gasteiger partial charge >= 0.3 is 6.18 Å². The molecule has 2 heterocycles. The highest BCUT2D eigenvalue weighted by Gasteiger charge is 2.38. The van der Waals surface area contributed by atoms with Gasteiger partial charge in [-0.15, -0.1) is 0 Å². The Morgan fingerprint density at radius 2 is 1.89 bits per heavy atom. The number of nitrogens with zero attached hydrogens (tertiary/aromatic N) is 1. The molecule has 35 heavy (non-hydrogen) atoms. The number of nitrogens with one attached hydrogen (secondary N) is 2. The lowest BCUT2D eigenvalue weighted by Gasteiger charge is -2.19. The fourth-order valence-corrected chi connectivity index (χ4v) is 3.71. The van der Waals surface area contributed by atoms with Crippen LogP contribution in [0, 0.1) is 5.92 Å². The third kappa shape index (κ3) is 5.29. The molecule has 0 bridgehead atoms. The Morgan fingerprint density at radius 1 is 1.09 bits per heavy atom. The highest BCUT2D eigenvalue weighted by Crippen LogP contribution is 2.37. The first-order valence-electron chi connectivity index (χ1n) is 10.5. The summed E-state index contributed by atoms with van der Waals surface area (Å²) in [5, 5.41) is 4.61. The molecule has 3 aromatic rings. The minimum Gasteiger partial charge on any atom is -0.497 e. The number of amides is 3. The Labute approximate surface area is 197 Å². The van der Waals surface area contributed by atoms with Crippen LogP contribution in [0.2, 0.25) is 0 Å². The van der Waals surface area contributed by atoms with Gasteiger partial charge in [-0.2, -0.15) is 13.2 Å². The molecule has 2 N–H and O–H groups in total. The number of anilines is 3. The smallest absolute Gasteiger partial charge is 0.418 e. The molecular formula is C24H20F3N3O5. The lowest BCUT2D eigenvalue weighted by Crippen LogP contribution is -2.28. The van der Waals surface area contributed by atoms with Crippen molar-refractivity contribution in [1.29, 1.82) is 0 Å². The van der Waals surface area contributed by atoms with E-state index < -0.39 is 35.2 Å². The number of rotatable bonds is 6. The molecule has 0 aliphatic carbocycles. The van der Waals surface area contributed by atoms with Crippen molar-refractivity contribution in [3.8, 4) is 5.75 Å². The monoisotopic (exact) mass is 487 g/mol. The van der Waals surface area contributed by atoms with E-state index in [1.165, 1.54) is 36.5 Å². The highest BCUT2D eigenvalue weighted by molar-refractivity contribution is 6.04. The van der Waals surface area contributed by atoms with E-state index >= 15 is 0 Å². The number of hydrogen-bond donors (Lipinski definition) is 2. The van der Waals surface area contributed by atoms with Crippen LogP contribution in [0.25, 0.3) is 0 Å². The van der Waals surface area contributed by atoms with Crippen molar-refractivity contribution < 1.29 is 36.7 Å². The third-order valence-electron chi connectivity index (χ3n) is 5.45. The van der Waals surface area contributed by atoms with Gasteiger partial charge in [0.1, 0.15) is 5.75 Å². The minimum atomic E-state index is -4.81. The van der Waals surface area contributed by atoms with E-state index in [-0.39, 0.29) is 30.3 Å². The van der Waals surface area contributed by atoms with Crippen LogP contribution in [0.3, 0.4) is 0 Å². The summed E-state index contributed by atoms with van der Waals surface area (Å²) in [5.41, 5.74) is -1.22. The summed E-state index contributed by atoms with van der Waals surface area (Å²) in [6, 6.07) is 12.5. The van der Waals surface area contributed by atoms with E-state index in [0.29, 0.717) is 11.4 Å². The SMILES string of the molecule is COc1cccc(N2CC(C(=O)Nc3ccc(NC(=O)c4ccco4)cc3C(F)(F)F)CC2=O)c1. The molecule has 182 valence electrons. The fourth-order valence-electron chi connectivity index (χ4n) is 3.71. The number of carbonyl (C=O) groups is 3. The molecule has 1 unspecified atom stereocenters. The molecule has 8 nitrogen and oxygen atoms in total. The Bertz CT molecular complexity index is 1260. The first-order chi connectivity index (χ1) is 16.7. The third-order valence-corrected chi connectivity index (χ3v) is 5.45. The van der Waals surface area contributed by atoms with E-state index in [9.17, 15) is 27.6 Å². The lowest BCUT2D eigenvalue weighted by molar-refractivity contribution is -0.137. The van der Waals surface area contributed by atoms with Crippen molar-refractivity contribution >= 4 is 34.8 Å². The number of alkyl halides is 3. The Morgan fingerprint density at radius 3 is 2.57 bits per heavy atom. The Hall–Kier alpha value is -4.28. The normalized spacial score (nSPS) is 15.7. The van der Waals surface area contributed by atoms with E-state index in [1.807, 2.05) is 0 Å². The Balaban J connectivity index is 1.50. The number of furan rings is 1. The van der Waals surface area contributed by atoms with Crippen molar-refractivity contribution in [3.05, 3.63) is 72.2 Å². The molecule has 1 aliphatic heterocycles. The van der Waals surface area contributed by atoms with Gasteiger partial charge in [0.25, 0.3) is 5.91 Å². The predicted octanol–water partition coefficient (Wildman–Crippen LogP) is 4.55. The van der Waals surface area contributed by atoms with Crippen LogP contribution < -0.4 is 20.3 Å². The highest BCUT2D eigenvalue weighted by atomic mass is 19.4. The molecule has 4 rings (SSSR count). The second-order valence-electron chi connectivity index (χ2n) is 7.79. The summed E-state index contributed by atoms with van der Waals surface area (Å²) < 4.78 is 51.3. The first-order valence-corrected chi connectivity index (χ1v) is 10.5. The van der Waals surface area contributed by atoms with E-state index in [4.69, 9.17) is 9.15 Å². The number of hydrogen-bond acceptors (Lipinski definition) is 5. The van der Waals surface area contributed by atoms with Crippen molar-refractivity contribution in [2.24, 2.45) is 5.92 Å². The average Bonchev–Trinajstić information content (AvgIpc) is 3.49. The molecule has 11 heteroatoms. The van der Waals surface area contributed by atoms with Gasteiger partial charge in [-0.25, -0.2) is 0 Å². The van der Waals surface area contributed by atoms with Gasteiger partial charge in [-0.3, -0.25) is 14.4 Å². The van der Waals surface area contributed by atoms with Crippen molar-refractivity contribution in [2.75, 3.05) is 29.2 Å². The second-order valence-corrected chi connectivity index (χ2v) is 7.79. The summed E-state index contributed by atoms with van der Waals surface area (Å²) in [7, 11) is 1.48. The van der Waals surface area contributed by atoms with Gasteiger partial charge in [0.05, 0.1) is 30.5 Å². The quantitative estimate of drug-likeness (QED) is 0.531. The molecule has 1 saturated heterocycles. The van der Waals surface area contributed by atoms with Gasteiger partial charge in [-0.05, 0) is 42.5 Å². The number of carbonyl (C=O) groups excluding carboxylic acids is 3. The van der Waals surface area contributed by atoms with Crippen LogP contribution in [0.4, 0.5) is 30.2 Å². The van der Waals surface area contributed by atoms with Gasteiger partial charge in [0.15, 0.2) is 5.76 Å². The molecule has 1 fully saturated rings. The van der Waals surface area contributed by atoms with Gasteiger partial charge in [-0.1, -0.05) is 6.07 Å². The summed E-state index contributed by atoms with van der Waals surface area (Å²) in [6.07, 6.45) is -3.70. The van der Waals surface area contributed by atoms with Gasteiger partial charge < -0.3 is 24.7 Å². The van der Waals surface area contributed by atoms with Crippen LogP contribution in [0.1, 0.15) is 22.5 Å². The molecular weight excluding hydrogens is 467 g/mol. The van der Waals surface area contributed by atoms with Crippen LogP contribution in [0.15, 0.2) is 65.3 Å². The lowest BCUT2D eigenvalue weighted by atomic mass is 10.1. The number of methoxy groups -OCH3 is 1. The summed E-state index contributed by atoms with van der Waals surface area (Å²) in [6.45, 7) is 0.0104. The standard InChI is InChI=1S/C24H20F3N3O5/c1-34-17-5-2-4-16(12-17)30-13-14(10-21(30)31)22(32)29-19-8-7-15(11-18(19)24(25,26)27)28-23(33)20-6-3-9-35-20/h2-9,11-12,14H,10,13H2,1H3,(H,28,33)(H,29,32). The molecule has 1 atom stereocenters. The average molecular weight is 487 g/mol. The molecule has 0 saturated carbocycles. The van der Waals surface area contributed by atoms with E-state index in [1.54, 1.807) is 24.3 Å². The van der Waals surface area contributed by atoms with Crippen molar-refractivity contribution in [3.63, 3.8) is 0 Å². The number of ether oxygens (including phenoxy) is 1. The zero-order valence-corrected chi connectivity index (χ0v) is 18.4. The van der Waals surface area contributed by atoms with Crippen LogP contribution in [-0.2, 0) is 15.8 Å². The van der Waals surface area contributed by atoms with Crippen LogP contribution >= 0.6 is 0 Å². The molecule has 1 aromatic heterocycles. The van der Waals surface area contributed by atoms with Crippen molar-refractivity contribution in [2.45, 2.75) is 12.6 Å². The molecule has 1 aliphatic rings.